The quantitative estimate of drug-likeness (QED) is 0.161. The summed E-state index contributed by atoms with van der Waals surface area (Å²) in [5.41, 5.74) is 4.43. The SMILES string of the molecule is Cc1ccc(C(C)C)c(Oc2cc(NC(=O)c3cc(-c4ccc(Cl)cc4)nc4ccccc34)cc([N+](=O)[O-])c2)c1. The van der Waals surface area contributed by atoms with Crippen molar-refractivity contribution >= 4 is 39.8 Å². The molecule has 1 N–H and O–H groups in total. The van der Waals surface area contributed by atoms with Crippen LogP contribution >= 0.6 is 11.6 Å². The van der Waals surface area contributed by atoms with E-state index in [-0.39, 0.29) is 23.0 Å². The first-order valence-electron chi connectivity index (χ1n) is 12.7. The minimum Gasteiger partial charge on any atom is -0.457 e. The molecule has 1 aromatic heterocycles. The number of anilines is 1. The van der Waals surface area contributed by atoms with Gasteiger partial charge in [0.15, 0.2) is 0 Å². The molecule has 0 spiro atoms. The van der Waals surface area contributed by atoms with E-state index in [1.54, 1.807) is 24.3 Å². The first-order valence-corrected chi connectivity index (χ1v) is 13.1. The average molecular weight is 552 g/mol. The van der Waals surface area contributed by atoms with Gasteiger partial charge in [0.05, 0.1) is 33.5 Å². The number of fused-ring (bicyclic) bond motifs is 1. The fourth-order valence-electron chi connectivity index (χ4n) is 4.48. The second-order valence-electron chi connectivity index (χ2n) is 9.80. The van der Waals surface area contributed by atoms with Gasteiger partial charge < -0.3 is 10.1 Å². The number of para-hydroxylation sites is 1. The number of benzene rings is 4. The summed E-state index contributed by atoms with van der Waals surface area (Å²) in [6.45, 7) is 6.05. The molecule has 0 radical (unpaired) electrons. The minimum absolute atomic E-state index is 0.184. The van der Waals surface area contributed by atoms with Gasteiger partial charge in [0.25, 0.3) is 11.6 Å². The van der Waals surface area contributed by atoms with Crippen LogP contribution in [0.2, 0.25) is 5.02 Å². The van der Waals surface area contributed by atoms with E-state index in [2.05, 4.69) is 5.32 Å². The molecule has 0 aliphatic carbocycles. The molecule has 1 heterocycles. The summed E-state index contributed by atoms with van der Waals surface area (Å²) in [6.07, 6.45) is 0. The van der Waals surface area contributed by atoms with Crippen LogP contribution < -0.4 is 10.1 Å². The van der Waals surface area contributed by atoms with Gasteiger partial charge in [0, 0.05) is 28.1 Å². The topological polar surface area (TPSA) is 94.4 Å². The number of aryl methyl sites for hydroxylation is 1. The van der Waals surface area contributed by atoms with Gasteiger partial charge in [-0.1, -0.05) is 67.9 Å². The van der Waals surface area contributed by atoms with Crippen LogP contribution in [-0.2, 0) is 0 Å². The Morgan fingerprint density at radius 2 is 1.73 bits per heavy atom. The number of nitro benzene ring substituents is 1. The Hall–Kier alpha value is -4.75. The summed E-state index contributed by atoms with van der Waals surface area (Å²) in [6, 6.07) is 26.4. The molecule has 8 heteroatoms. The Balaban J connectivity index is 1.53. The standard InChI is InChI=1S/C32H26ClN3O4/c1-19(2)26-13-8-20(3)14-31(26)40-25-16-23(15-24(17-25)36(38)39)34-32(37)28-18-30(21-9-11-22(33)12-10-21)35-29-7-5-4-6-27(28)29/h4-19H,1-3H3,(H,34,37). The summed E-state index contributed by atoms with van der Waals surface area (Å²) in [4.78, 5) is 29.6. The van der Waals surface area contributed by atoms with Gasteiger partial charge in [-0.25, -0.2) is 4.98 Å². The third-order valence-electron chi connectivity index (χ3n) is 6.48. The summed E-state index contributed by atoms with van der Waals surface area (Å²) in [5.74, 6) is 0.612. The highest BCUT2D eigenvalue weighted by atomic mass is 35.5. The number of non-ortho nitro benzene ring substituents is 1. The second-order valence-corrected chi connectivity index (χ2v) is 10.2. The largest absolute Gasteiger partial charge is 0.457 e. The van der Waals surface area contributed by atoms with Crippen LogP contribution in [0.25, 0.3) is 22.2 Å². The van der Waals surface area contributed by atoms with Crippen LogP contribution in [0.15, 0.2) is 91.0 Å². The number of rotatable bonds is 7. The molecule has 0 bridgehead atoms. The lowest BCUT2D eigenvalue weighted by Gasteiger charge is -2.16. The molecule has 0 saturated heterocycles. The van der Waals surface area contributed by atoms with Crippen molar-refractivity contribution in [1.29, 1.82) is 0 Å². The number of nitro groups is 1. The molecule has 7 nitrogen and oxygen atoms in total. The van der Waals surface area contributed by atoms with Crippen molar-refractivity contribution in [1.82, 2.24) is 4.98 Å². The average Bonchev–Trinajstić information content (AvgIpc) is 2.92. The Labute approximate surface area is 236 Å². The number of nitrogens with one attached hydrogen (secondary N) is 1. The van der Waals surface area contributed by atoms with Gasteiger partial charge in [0.2, 0.25) is 0 Å². The highest BCUT2D eigenvalue weighted by Gasteiger charge is 2.18. The summed E-state index contributed by atoms with van der Waals surface area (Å²) in [7, 11) is 0. The van der Waals surface area contributed by atoms with Crippen molar-refractivity contribution in [2.45, 2.75) is 26.7 Å². The first kappa shape index (κ1) is 26.8. The van der Waals surface area contributed by atoms with E-state index < -0.39 is 10.8 Å². The molecular weight excluding hydrogens is 526 g/mol. The van der Waals surface area contributed by atoms with Crippen molar-refractivity contribution in [3.05, 3.63) is 123 Å². The maximum absolute atomic E-state index is 13.6. The summed E-state index contributed by atoms with van der Waals surface area (Å²) >= 11 is 6.05. The van der Waals surface area contributed by atoms with Gasteiger partial charge in [0.1, 0.15) is 11.5 Å². The Kier molecular flexibility index (Phi) is 7.49. The van der Waals surface area contributed by atoms with E-state index in [0.717, 1.165) is 16.7 Å². The highest BCUT2D eigenvalue weighted by molar-refractivity contribution is 6.30. The highest BCUT2D eigenvalue weighted by Crippen LogP contribution is 2.35. The number of carbonyl (C=O) groups is 1. The minimum atomic E-state index is -0.511. The van der Waals surface area contributed by atoms with E-state index in [0.29, 0.717) is 32.9 Å². The lowest BCUT2D eigenvalue weighted by molar-refractivity contribution is -0.384. The molecule has 0 saturated carbocycles. The molecule has 0 atom stereocenters. The Bertz CT molecular complexity index is 1750. The van der Waals surface area contributed by atoms with Crippen molar-refractivity contribution in [2.75, 3.05) is 5.32 Å². The number of ether oxygens (including phenoxy) is 1. The van der Waals surface area contributed by atoms with E-state index in [1.165, 1.54) is 12.1 Å². The summed E-state index contributed by atoms with van der Waals surface area (Å²) in [5, 5.41) is 15.8. The van der Waals surface area contributed by atoms with Crippen LogP contribution in [-0.4, -0.2) is 15.8 Å². The lowest BCUT2D eigenvalue weighted by Crippen LogP contribution is -2.13. The van der Waals surface area contributed by atoms with Crippen LogP contribution in [0, 0.1) is 17.0 Å². The van der Waals surface area contributed by atoms with Gasteiger partial charge in [-0.2, -0.15) is 0 Å². The maximum atomic E-state index is 13.6. The fraction of sp³-hybridized carbons (Fsp3) is 0.125. The van der Waals surface area contributed by atoms with Gasteiger partial charge in [-0.3, -0.25) is 14.9 Å². The Morgan fingerprint density at radius 1 is 0.975 bits per heavy atom. The van der Waals surface area contributed by atoms with E-state index in [9.17, 15) is 14.9 Å². The van der Waals surface area contributed by atoms with Crippen molar-refractivity contribution < 1.29 is 14.5 Å². The smallest absolute Gasteiger partial charge is 0.275 e. The molecule has 5 aromatic rings. The third-order valence-corrected chi connectivity index (χ3v) is 6.73. The van der Waals surface area contributed by atoms with E-state index in [4.69, 9.17) is 21.3 Å². The predicted molar refractivity (Wildman–Crippen MR) is 159 cm³/mol. The number of halogens is 1. The fourth-order valence-corrected chi connectivity index (χ4v) is 4.61. The zero-order valence-electron chi connectivity index (χ0n) is 22.1. The van der Waals surface area contributed by atoms with Crippen LogP contribution in [0.5, 0.6) is 11.5 Å². The second kappa shape index (κ2) is 11.2. The van der Waals surface area contributed by atoms with Crippen LogP contribution in [0.3, 0.4) is 0 Å². The predicted octanol–water partition coefficient (Wildman–Crippen LogP) is 8.94. The van der Waals surface area contributed by atoms with Crippen molar-refractivity contribution in [3.8, 4) is 22.8 Å². The third kappa shape index (κ3) is 5.80. The molecular formula is C32H26ClN3O4. The monoisotopic (exact) mass is 551 g/mol. The molecule has 0 aliphatic rings. The number of aromatic nitrogens is 1. The molecule has 5 rings (SSSR count). The molecule has 200 valence electrons. The van der Waals surface area contributed by atoms with E-state index >= 15 is 0 Å². The molecule has 4 aromatic carbocycles. The number of pyridine rings is 1. The molecule has 0 unspecified atom stereocenters. The van der Waals surface area contributed by atoms with Crippen molar-refractivity contribution in [2.24, 2.45) is 0 Å². The van der Waals surface area contributed by atoms with Gasteiger partial charge in [-0.05, 0) is 54.3 Å². The molecule has 0 aliphatic heterocycles. The van der Waals surface area contributed by atoms with Gasteiger partial charge >= 0.3 is 0 Å². The number of hydrogen-bond acceptors (Lipinski definition) is 5. The Morgan fingerprint density at radius 3 is 2.45 bits per heavy atom. The molecule has 1 amide bonds. The maximum Gasteiger partial charge on any atom is 0.275 e. The summed E-state index contributed by atoms with van der Waals surface area (Å²) < 4.78 is 6.15. The van der Waals surface area contributed by atoms with Crippen LogP contribution in [0.1, 0.15) is 41.3 Å². The zero-order chi connectivity index (χ0) is 28.4. The number of amides is 1. The lowest BCUT2D eigenvalue weighted by atomic mass is 10.0. The number of nitrogens with zero attached hydrogens (tertiary/aromatic N) is 2. The molecule has 0 fully saturated rings. The van der Waals surface area contributed by atoms with Crippen molar-refractivity contribution in [3.63, 3.8) is 0 Å². The number of carbonyl (C=O) groups excluding carboxylic acids is 1. The normalized spacial score (nSPS) is 11.0. The van der Waals surface area contributed by atoms with Crippen LogP contribution in [0.4, 0.5) is 11.4 Å². The first-order chi connectivity index (χ1) is 19.2. The molecule has 40 heavy (non-hydrogen) atoms. The zero-order valence-corrected chi connectivity index (χ0v) is 22.9. The van der Waals surface area contributed by atoms with E-state index in [1.807, 2.05) is 75.4 Å². The van der Waals surface area contributed by atoms with Gasteiger partial charge in [-0.15, -0.1) is 0 Å². The number of hydrogen-bond donors (Lipinski definition) is 1.